The van der Waals surface area contributed by atoms with Gasteiger partial charge in [-0.3, -0.25) is 14.4 Å². The van der Waals surface area contributed by atoms with E-state index < -0.39 is 5.91 Å². The van der Waals surface area contributed by atoms with Gasteiger partial charge in [0.15, 0.2) is 0 Å². The van der Waals surface area contributed by atoms with Crippen molar-refractivity contribution >= 4 is 29.1 Å². The Hall–Kier alpha value is -3.52. The van der Waals surface area contributed by atoms with Gasteiger partial charge in [0.1, 0.15) is 5.01 Å². The number of amides is 3. The molecule has 0 spiro atoms. The maximum absolute atomic E-state index is 12.2. The lowest BCUT2D eigenvalue weighted by molar-refractivity contribution is -0.120. The van der Waals surface area contributed by atoms with Crippen LogP contribution in [-0.2, 0) is 22.6 Å². The van der Waals surface area contributed by atoms with E-state index in [0.717, 1.165) is 21.8 Å². The number of nitrogens with two attached hydrogens (primary N) is 1. The Morgan fingerprint density at radius 2 is 1.70 bits per heavy atom. The van der Waals surface area contributed by atoms with E-state index in [1.54, 1.807) is 24.3 Å². The van der Waals surface area contributed by atoms with Gasteiger partial charge in [-0.15, -0.1) is 11.3 Å². The summed E-state index contributed by atoms with van der Waals surface area (Å²) in [5.74, 6) is -1.11. The number of hydrogen-bond acceptors (Lipinski definition) is 5. The molecule has 7 nitrogen and oxygen atoms in total. The summed E-state index contributed by atoms with van der Waals surface area (Å²) in [5, 5.41) is 8.07. The molecule has 1 heterocycles. The zero-order valence-corrected chi connectivity index (χ0v) is 17.3. The van der Waals surface area contributed by atoms with Gasteiger partial charge in [-0.2, -0.15) is 0 Å². The number of hydrogen-bond donors (Lipinski definition) is 3. The van der Waals surface area contributed by atoms with Crippen LogP contribution in [0.15, 0.2) is 53.9 Å². The van der Waals surface area contributed by atoms with E-state index in [1.807, 2.05) is 36.6 Å². The van der Waals surface area contributed by atoms with Crippen molar-refractivity contribution in [2.24, 2.45) is 5.73 Å². The van der Waals surface area contributed by atoms with Crippen molar-refractivity contribution in [2.75, 3.05) is 6.54 Å². The van der Waals surface area contributed by atoms with Crippen molar-refractivity contribution in [3.05, 3.63) is 76.3 Å². The second-order valence-electron chi connectivity index (χ2n) is 6.81. The second-order valence-corrected chi connectivity index (χ2v) is 7.67. The van der Waals surface area contributed by atoms with E-state index in [1.165, 1.54) is 16.9 Å². The number of benzene rings is 2. The van der Waals surface area contributed by atoms with Crippen molar-refractivity contribution < 1.29 is 14.4 Å². The van der Waals surface area contributed by atoms with Crippen molar-refractivity contribution in [3.63, 3.8) is 0 Å². The Bertz CT molecular complexity index is 1040. The number of aromatic nitrogens is 1. The summed E-state index contributed by atoms with van der Waals surface area (Å²) in [4.78, 5) is 39.4. The summed E-state index contributed by atoms with van der Waals surface area (Å²) in [6, 6.07) is 14.9. The number of carbonyl (C=O) groups is 3. The molecule has 1 aromatic heterocycles. The maximum atomic E-state index is 12.2. The van der Waals surface area contributed by atoms with Crippen molar-refractivity contribution in [3.8, 4) is 10.6 Å². The van der Waals surface area contributed by atoms with Crippen LogP contribution in [0.4, 0.5) is 0 Å². The van der Waals surface area contributed by atoms with Crippen molar-refractivity contribution in [1.82, 2.24) is 15.6 Å². The molecule has 0 aliphatic heterocycles. The minimum atomic E-state index is -0.603. The van der Waals surface area contributed by atoms with Gasteiger partial charge >= 0.3 is 0 Å². The van der Waals surface area contributed by atoms with Crippen LogP contribution in [0, 0.1) is 6.92 Å². The van der Waals surface area contributed by atoms with Crippen LogP contribution in [0.1, 0.15) is 27.2 Å². The highest BCUT2D eigenvalue weighted by Gasteiger charge is 2.10. The second kappa shape index (κ2) is 9.80. The molecular formula is C22H22N4O3S. The molecule has 0 saturated carbocycles. The number of aryl methyl sites for hydroxylation is 1. The third-order valence-electron chi connectivity index (χ3n) is 4.32. The highest BCUT2D eigenvalue weighted by Crippen LogP contribution is 2.24. The van der Waals surface area contributed by atoms with E-state index in [2.05, 4.69) is 15.6 Å². The molecule has 8 heteroatoms. The van der Waals surface area contributed by atoms with E-state index in [4.69, 9.17) is 5.73 Å². The summed E-state index contributed by atoms with van der Waals surface area (Å²) < 4.78 is 0. The Labute approximate surface area is 178 Å². The van der Waals surface area contributed by atoms with Gasteiger partial charge < -0.3 is 16.4 Å². The summed E-state index contributed by atoms with van der Waals surface area (Å²) >= 11 is 1.52. The molecule has 30 heavy (non-hydrogen) atoms. The molecule has 0 aliphatic rings. The summed E-state index contributed by atoms with van der Waals surface area (Å²) in [7, 11) is 0. The first kappa shape index (κ1) is 21.2. The van der Waals surface area contributed by atoms with Crippen LogP contribution >= 0.6 is 11.3 Å². The fourth-order valence-corrected chi connectivity index (χ4v) is 3.51. The Kier molecular flexibility index (Phi) is 6.92. The summed E-state index contributed by atoms with van der Waals surface area (Å²) in [5.41, 5.74) is 9.23. The highest BCUT2D eigenvalue weighted by atomic mass is 32.1. The number of carbonyl (C=O) groups excluding carboxylic acids is 3. The van der Waals surface area contributed by atoms with Gasteiger partial charge in [-0.25, -0.2) is 4.98 Å². The molecule has 0 fully saturated rings. The first-order valence-corrected chi connectivity index (χ1v) is 10.2. The normalized spacial score (nSPS) is 10.4. The molecule has 0 aliphatic carbocycles. The van der Waals surface area contributed by atoms with Crippen LogP contribution < -0.4 is 16.4 Å². The molecule has 0 saturated heterocycles. The van der Waals surface area contributed by atoms with E-state index >= 15 is 0 Å². The van der Waals surface area contributed by atoms with Crippen LogP contribution in [0.5, 0.6) is 0 Å². The topological polar surface area (TPSA) is 114 Å². The molecular weight excluding hydrogens is 400 g/mol. The fourth-order valence-electron chi connectivity index (χ4n) is 2.69. The lowest BCUT2D eigenvalue weighted by Crippen LogP contribution is -2.33. The molecule has 0 radical (unpaired) electrons. The summed E-state index contributed by atoms with van der Waals surface area (Å²) in [6.07, 6.45) is 0.204. The number of thiazole rings is 1. The molecule has 3 aromatic rings. The minimum Gasteiger partial charge on any atom is -0.368 e. The average molecular weight is 423 g/mol. The first-order valence-electron chi connectivity index (χ1n) is 9.34. The number of nitrogens with one attached hydrogen (secondary N) is 2. The Balaban J connectivity index is 1.49. The van der Waals surface area contributed by atoms with Gasteiger partial charge in [0, 0.05) is 23.1 Å². The standard InChI is InChI=1S/C22H22N4O3S/c1-14-2-6-17(7-3-14)22-26-18(13-30-22)10-20(28)24-11-15-4-8-16(9-5-15)21(29)25-12-19(23)27/h2-9,13H,10-12H2,1H3,(H2,23,27)(H,24,28)(H,25,29). The van der Waals surface area contributed by atoms with Gasteiger partial charge in [0.2, 0.25) is 11.8 Å². The number of nitrogens with zero attached hydrogens (tertiary/aromatic N) is 1. The molecule has 0 unspecified atom stereocenters. The molecule has 3 amide bonds. The molecule has 0 bridgehead atoms. The maximum Gasteiger partial charge on any atom is 0.251 e. The van der Waals surface area contributed by atoms with Crippen molar-refractivity contribution in [1.29, 1.82) is 0 Å². The predicted octanol–water partition coefficient (Wildman–Crippen LogP) is 2.19. The zero-order chi connectivity index (χ0) is 21.5. The highest BCUT2D eigenvalue weighted by molar-refractivity contribution is 7.13. The van der Waals surface area contributed by atoms with Crippen molar-refractivity contribution in [2.45, 2.75) is 19.9 Å². The van der Waals surface area contributed by atoms with E-state index in [0.29, 0.717) is 12.1 Å². The molecule has 2 aromatic carbocycles. The SMILES string of the molecule is Cc1ccc(-c2nc(CC(=O)NCc3ccc(C(=O)NCC(N)=O)cc3)cs2)cc1. The van der Waals surface area contributed by atoms with Crippen LogP contribution in [0.25, 0.3) is 10.6 Å². The Morgan fingerprint density at radius 3 is 2.37 bits per heavy atom. The summed E-state index contributed by atoms with van der Waals surface area (Å²) in [6.45, 7) is 2.17. The van der Waals surface area contributed by atoms with E-state index in [9.17, 15) is 14.4 Å². The molecule has 4 N–H and O–H groups in total. The Morgan fingerprint density at radius 1 is 1.00 bits per heavy atom. The first-order chi connectivity index (χ1) is 14.4. The molecule has 0 atom stereocenters. The van der Waals surface area contributed by atoms with Crippen LogP contribution in [0.3, 0.4) is 0 Å². The van der Waals surface area contributed by atoms with E-state index in [-0.39, 0.29) is 24.8 Å². The monoisotopic (exact) mass is 422 g/mol. The zero-order valence-electron chi connectivity index (χ0n) is 16.5. The quantitative estimate of drug-likeness (QED) is 0.516. The predicted molar refractivity (Wildman–Crippen MR) is 116 cm³/mol. The van der Waals surface area contributed by atoms with Crippen LogP contribution in [0.2, 0.25) is 0 Å². The fraction of sp³-hybridized carbons (Fsp3) is 0.182. The van der Waals surface area contributed by atoms with Gasteiger partial charge in [-0.1, -0.05) is 42.0 Å². The lowest BCUT2D eigenvalue weighted by atomic mass is 10.1. The van der Waals surface area contributed by atoms with Gasteiger partial charge in [0.25, 0.3) is 5.91 Å². The lowest BCUT2D eigenvalue weighted by Gasteiger charge is -2.06. The largest absolute Gasteiger partial charge is 0.368 e. The number of primary amides is 1. The van der Waals surface area contributed by atoms with Crippen LogP contribution in [-0.4, -0.2) is 29.3 Å². The van der Waals surface area contributed by atoms with Gasteiger partial charge in [0.05, 0.1) is 18.7 Å². The third kappa shape index (κ3) is 5.99. The minimum absolute atomic E-state index is 0.126. The third-order valence-corrected chi connectivity index (χ3v) is 5.26. The smallest absolute Gasteiger partial charge is 0.251 e. The molecule has 3 rings (SSSR count). The average Bonchev–Trinajstić information content (AvgIpc) is 3.19. The number of rotatable bonds is 8. The molecule has 154 valence electrons. The van der Waals surface area contributed by atoms with Gasteiger partial charge in [-0.05, 0) is 24.6 Å².